The van der Waals surface area contributed by atoms with Gasteiger partial charge in [-0.15, -0.1) is 13.2 Å². The Labute approximate surface area is 194 Å². The van der Waals surface area contributed by atoms with Crippen molar-refractivity contribution in [3.05, 3.63) is 66.5 Å². The topological polar surface area (TPSA) is 76.6 Å². The molecule has 34 heavy (non-hydrogen) atoms. The van der Waals surface area contributed by atoms with Gasteiger partial charge in [-0.05, 0) is 61.7 Å². The van der Waals surface area contributed by atoms with Gasteiger partial charge >= 0.3 is 6.36 Å². The molecule has 1 aliphatic heterocycles. The number of aromatic nitrogens is 2. The number of carbonyl (C=O) groups is 1. The first-order valence-corrected chi connectivity index (χ1v) is 10.7. The van der Waals surface area contributed by atoms with Gasteiger partial charge in [0.05, 0.1) is 0 Å². The first-order valence-electron chi connectivity index (χ1n) is 10.7. The van der Waals surface area contributed by atoms with Crippen molar-refractivity contribution >= 4 is 17.4 Å². The monoisotopic (exact) mass is 472 g/mol. The molecule has 178 valence electrons. The van der Waals surface area contributed by atoms with Gasteiger partial charge in [-0.3, -0.25) is 4.79 Å². The van der Waals surface area contributed by atoms with Gasteiger partial charge in [-0.1, -0.05) is 12.1 Å². The second-order valence-corrected chi connectivity index (χ2v) is 7.93. The first kappa shape index (κ1) is 23.3. The van der Waals surface area contributed by atoms with Gasteiger partial charge in [0, 0.05) is 37.1 Å². The number of hydrogen-bond acceptors (Lipinski definition) is 6. The highest BCUT2D eigenvalue weighted by Crippen LogP contribution is 2.32. The van der Waals surface area contributed by atoms with Crippen molar-refractivity contribution in [1.29, 1.82) is 0 Å². The summed E-state index contributed by atoms with van der Waals surface area (Å²) in [5.41, 5.74) is 1.47. The number of anilines is 2. The Balaban J connectivity index is 1.34. The van der Waals surface area contributed by atoms with Gasteiger partial charge < -0.3 is 19.7 Å². The highest BCUT2D eigenvalue weighted by molar-refractivity contribution is 5.92. The van der Waals surface area contributed by atoms with Crippen LogP contribution >= 0.6 is 0 Å². The molecule has 10 heteroatoms. The molecule has 0 atom stereocenters. The maximum atomic E-state index is 12.7. The predicted octanol–water partition coefficient (Wildman–Crippen LogP) is 5.33. The summed E-state index contributed by atoms with van der Waals surface area (Å²) in [5.74, 6) is 0.925. The zero-order valence-electron chi connectivity index (χ0n) is 18.4. The minimum atomic E-state index is -4.76. The Morgan fingerprint density at radius 2 is 1.74 bits per heavy atom. The number of alkyl halides is 3. The van der Waals surface area contributed by atoms with E-state index in [9.17, 15) is 18.0 Å². The average molecular weight is 472 g/mol. The molecule has 0 aliphatic carbocycles. The highest BCUT2D eigenvalue weighted by atomic mass is 19.4. The molecule has 1 saturated heterocycles. The molecule has 1 N–H and O–H groups in total. The van der Waals surface area contributed by atoms with Crippen molar-refractivity contribution < 1.29 is 27.4 Å². The molecular formula is C24H23F3N4O3. The fourth-order valence-electron chi connectivity index (χ4n) is 3.74. The fourth-order valence-corrected chi connectivity index (χ4v) is 3.74. The van der Waals surface area contributed by atoms with Crippen LogP contribution in [0, 0.1) is 12.8 Å². The van der Waals surface area contributed by atoms with Crippen molar-refractivity contribution in [2.75, 3.05) is 23.3 Å². The molecule has 0 bridgehead atoms. The second kappa shape index (κ2) is 9.98. The van der Waals surface area contributed by atoms with E-state index in [4.69, 9.17) is 4.74 Å². The lowest BCUT2D eigenvalue weighted by atomic mass is 9.96. The van der Waals surface area contributed by atoms with Crippen LogP contribution in [-0.4, -0.2) is 35.3 Å². The quantitative estimate of drug-likeness (QED) is 0.523. The van der Waals surface area contributed by atoms with Crippen LogP contribution in [0.4, 0.5) is 24.7 Å². The number of carbonyl (C=O) groups excluding carboxylic acids is 1. The lowest BCUT2D eigenvalue weighted by Crippen LogP contribution is -2.38. The summed E-state index contributed by atoms with van der Waals surface area (Å²) in [7, 11) is 0. The Bertz CT molecular complexity index is 1130. The minimum Gasteiger partial charge on any atom is -0.436 e. The molecule has 2 aromatic carbocycles. The van der Waals surface area contributed by atoms with Crippen molar-refractivity contribution in [3.8, 4) is 17.4 Å². The molecule has 0 saturated carbocycles. The molecule has 7 nitrogen and oxygen atoms in total. The van der Waals surface area contributed by atoms with E-state index < -0.39 is 6.36 Å². The summed E-state index contributed by atoms with van der Waals surface area (Å²) < 4.78 is 46.7. The molecule has 1 aromatic heterocycles. The van der Waals surface area contributed by atoms with E-state index in [1.54, 1.807) is 12.4 Å². The number of halogens is 3. The number of aryl methyl sites for hydroxylation is 1. The Morgan fingerprint density at radius 1 is 1.03 bits per heavy atom. The van der Waals surface area contributed by atoms with Crippen LogP contribution in [0.1, 0.15) is 18.4 Å². The Kier molecular flexibility index (Phi) is 6.85. The summed E-state index contributed by atoms with van der Waals surface area (Å²) in [6.07, 6.45) is -0.417. The zero-order chi connectivity index (χ0) is 24.1. The minimum absolute atomic E-state index is 0.181. The second-order valence-electron chi connectivity index (χ2n) is 7.93. The van der Waals surface area contributed by atoms with Crippen LogP contribution in [0.2, 0.25) is 0 Å². The van der Waals surface area contributed by atoms with E-state index in [0.717, 1.165) is 17.7 Å². The number of amides is 1. The SMILES string of the molecule is Cc1cccc(Oc2nccnc2N2CCC(C(=O)Nc3ccc(OC(F)(F)F)cc3)CC2)c1. The van der Waals surface area contributed by atoms with E-state index in [1.165, 1.54) is 12.1 Å². The molecule has 2 heterocycles. The Morgan fingerprint density at radius 3 is 2.41 bits per heavy atom. The normalized spacial score (nSPS) is 14.5. The Hall–Kier alpha value is -3.82. The van der Waals surface area contributed by atoms with Gasteiger partial charge in [-0.2, -0.15) is 0 Å². The number of piperidine rings is 1. The van der Waals surface area contributed by atoms with Crippen LogP contribution in [0.3, 0.4) is 0 Å². The maximum absolute atomic E-state index is 12.7. The van der Waals surface area contributed by atoms with Gasteiger partial charge in [-0.25, -0.2) is 9.97 Å². The van der Waals surface area contributed by atoms with Crippen molar-refractivity contribution in [1.82, 2.24) is 9.97 Å². The molecule has 3 aromatic rings. The maximum Gasteiger partial charge on any atom is 0.573 e. The average Bonchev–Trinajstić information content (AvgIpc) is 2.80. The number of rotatable bonds is 6. The van der Waals surface area contributed by atoms with Crippen molar-refractivity contribution in [2.24, 2.45) is 5.92 Å². The number of hydrogen-bond donors (Lipinski definition) is 1. The molecule has 1 aliphatic rings. The molecule has 4 rings (SSSR count). The van der Waals surface area contributed by atoms with Crippen LogP contribution < -0.4 is 19.7 Å². The van der Waals surface area contributed by atoms with Gasteiger partial charge in [0.2, 0.25) is 5.91 Å². The summed E-state index contributed by atoms with van der Waals surface area (Å²) >= 11 is 0. The third-order valence-corrected chi connectivity index (χ3v) is 5.37. The van der Waals surface area contributed by atoms with Crippen LogP contribution in [0.15, 0.2) is 60.9 Å². The van der Waals surface area contributed by atoms with Gasteiger partial charge in [0.1, 0.15) is 11.5 Å². The predicted molar refractivity (Wildman–Crippen MR) is 120 cm³/mol. The van der Waals surface area contributed by atoms with E-state index in [0.29, 0.717) is 49.1 Å². The van der Waals surface area contributed by atoms with Crippen LogP contribution in [0.5, 0.6) is 17.4 Å². The van der Waals surface area contributed by atoms with Crippen molar-refractivity contribution in [2.45, 2.75) is 26.1 Å². The molecular weight excluding hydrogens is 449 g/mol. The molecule has 1 fully saturated rings. The fraction of sp³-hybridized carbons (Fsp3) is 0.292. The molecule has 0 radical (unpaired) electrons. The standard InChI is InChI=1S/C24H23F3N4O3/c1-16-3-2-4-20(15-16)33-23-21(28-11-12-29-23)31-13-9-17(10-14-31)22(32)30-18-5-7-19(8-6-18)34-24(25,26)27/h2-8,11-12,15,17H,9-10,13-14H2,1H3,(H,30,32). The van der Waals surface area contributed by atoms with E-state index in [2.05, 4.69) is 20.0 Å². The van der Waals surface area contributed by atoms with E-state index in [1.807, 2.05) is 36.1 Å². The third-order valence-electron chi connectivity index (χ3n) is 5.37. The third kappa shape index (κ3) is 6.15. The number of benzene rings is 2. The summed E-state index contributed by atoms with van der Waals surface area (Å²) in [6, 6.07) is 12.7. The summed E-state index contributed by atoms with van der Waals surface area (Å²) in [6.45, 7) is 3.14. The number of nitrogens with zero attached hydrogens (tertiary/aromatic N) is 3. The highest BCUT2D eigenvalue weighted by Gasteiger charge is 2.31. The number of ether oxygens (including phenoxy) is 2. The molecule has 0 unspecified atom stereocenters. The summed E-state index contributed by atoms with van der Waals surface area (Å²) in [4.78, 5) is 23.5. The van der Waals surface area contributed by atoms with Crippen LogP contribution in [0.25, 0.3) is 0 Å². The lowest BCUT2D eigenvalue weighted by molar-refractivity contribution is -0.274. The molecule has 0 spiro atoms. The lowest BCUT2D eigenvalue weighted by Gasteiger charge is -2.32. The summed E-state index contributed by atoms with van der Waals surface area (Å²) in [5, 5.41) is 2.76. The number of nitrogens with one attached hydrogen (secondary N) is 1. The van der Waals surface area contributed by atoms with Crippen LogP contribution in [-0.2, 0) is 4.79 Å². The van der Waals surface area contributed by atoms with Gasteiger partial charge in [0.25, 0.3) is 5.88 Å². The largest absolute Gasteiger partial charge is 0.573 e. The smallest absolute Gasteiger partial charge is 0.436 e. The first-order chi connectivity index (χ1) is 16.3. The van der Waals surface area contributed by atoms with Gasteiger partial charge in [0.15, 0.2) is 5.82 Å². The molecule has 1 amide bonds. The van der Waals surface area contributed by atoms with E-state index in [-0.39, 0.29) is 17.6 Å². The zero-order valence-corrected chi connectivity index (χ0v) is 18.4. The van der Waals surface area contributed by atoms with E-state index >= 15 is 0 Å². The van der Waals surface area contributed by atoms with Crippen molar-refractivity contribution in [3.63, 3.8) is 0 Å².